The van der Waals surface area contributed by atoms with Crippen molar-refractivity contribution in [3.63, 3.8) is 0 Å². The van der Waals surface area contributed by atoms with Crippen molar-refractivity contribution in [1.82, 2.24) is 14.7 Å². The predicted octanol–water partition coefficient (Wildman–Crippen LogP) is 1.70. The summed E-state index contributed by atoms with van der Waals surface area (Å²) < 4.78 is 6.92. The summed E-state index contributed by atoms with van der Waals surface area (Å²) in [7, 11) is 3.52. The molecule has 0 aliphatic carbocycles. The lowest BCUT2D eigenvalue weighted by atomic mass is 10.2. The topological polar surface area (TPSA) is 50.6 Å². The first kappa shape index (κ1) is 15.4. The summed E-state index contributed by atoms with van der Waals surface area (Å²) in [6, 6.07) is 9.88. The highest BCUT2D eigenvalue weighted by molar-refractivity contribution is 5.92. The predicted molar refractivity (Wildman–Crippen MR) is 89.1 cm³/mol. The molecule has 0 atom stereocenters. The minimum absolute atomic E-state index is 0.0167. The molecule has 2 aromatic rings. The number of aromatic nitrogens is 2. The molecule has 23 heavy (non-hydrogen) atoms. The van der Waals surface area contributed by atoms with Crippen LogP contribution in [0, 0.1) is 6.92 Å². The highest BCUT2D eigenvalue weighted by Gasteiger charge is 2.24. The third-order valence-corrected chi connectivity index (χ3v) is 4.34. The second kappa shape index (κ2) is 6.32. The molecule has 0 unspecified atom stereocenters. The Morgan fingerprint density at radius 1 is 1.13 bits per heavy atom. The van der Waals surface area contributed by atoms with Crippen molar-refractivity contribution in [3.05, 3.63) is 41.7 Å². The number of methoxy groups -OCH3 is 1. The average molecular weight is 314 g/mol. The standard InChI is InChI=1S/C17H22N4O2/c1-13-12-16(18-19(13)2)17(22)21-10-8-20(9-11-21)14-4-6-15(23-3)7-5-14/h4-7,12H,8-11H2,1-3H3. The van der Waals surface area contributed by atoms with Crippen LogP contribution in [-0.4, -0.2) is 53.9 Å². The Bertz CT molecular complexity index is 666. The first-order chi connectivity index (χ1) is 11.1. The summed E-state index contributed by atoms with van der Waals surface area (Å²) in [4.78, 5) is 16.7. The van der Waals surface area contributed by atoms with Gasteiger partial charge < -0.3 is 14.5 Å². The average Bonchev–Trinajstić information content (AvgIpc) is 2.93. The molecule has 0 N–H and O–H groups in total. The summed E-state index contributed by atoms with van der Waals surface area (Å²) in [5.41, 5.74) is 2.68. The number of hydrogen-bond donors (Lipinski definition) is 0. The normalized spacial score (nSPS) is 14.9. The number of ether oxygens (including phenoxy) is 1. The maximum atomic E-state index is 12.5. The van der Waals surface area contributed by atoms with E-state index < -0.39 is 0 Å². The maximum absolute atomic E-state index is 12.5. The van der Waals surface area contributed by atoms with Crippen LogP contribution in [0.4, 0.5) is 5.69 Å². The van der Waals surface area contributed by atoms with Crippen molar-refractivity contribution >= 4 is 11.6 Å². The Labute approximate surface area is 136 Å². The third kappa shape index (κ3) is 3.16. The van der Waals surface area contributed by atoms with Gasteiger partial charge in [0.05, 0.1) is 7.11 Å². The molecule has 1 aliphatic heterocycles. The number of piperazine rings is 1. The van der Waals surface area contributed by atoms with E-state index in [-0.39, 0.29) is 5.91 Å². The SMILES string of the molecule is COc1ccc(N2CCN(C(=O)c3cc(C)n(C)n3)CC2)cc1. The van der Waals surface area contributed by atoms with Crippen LogP contribution in [0.15, 0.2) is 30.3 Å². The van der Waals surface area contributed by atoms with Gasteiger partial charge in [-0.15, -0.1) is 0 Å². The number of carbonyl (C=O) groups is 1. The summed E-state index contributed by atoms with van der Waals surface area (Å²) in [5.74, 6) is 0.871. The lowest BCUT2D eigenvalue weighted by molar-refractivity contribution is 0.0740. The zero-order valence-corrected chi connectivity index (χ0v) is 13.8. The minimum Gasteiger partial charge on any atom is -0.497 e. The van der Waals surface area contributed by atoms with Gasteiger partial charge in [0.15, 0.2) is 5.69 Å². The zero-order valence-electron chi connectivity index (χ0n) is 13.8. The van der Waals surface area contributed by atoms with Gasteiger partial charge in [-0.05, 0) is 37.3 Å². The number of hydrogen-bond acceptors (Lipinski definition) is 4. The van der Waals surface area contributed by atoms with E-state index in [1.165, 1.54) is 0 Å². The molecule has 1 aliphatic rings. The summed E-state index contributed by atoms with van der Waals surface area (Å²) in [6.45, 7) is 5.01. The second-order valence-electron chi connectivity index (χ2n) is 5.77. The molecule has 122 valence electrons. The third-order valence-electron chi connectivity index (χ3n) is 4.34. The van der Waals surface area contributed by atoms with E-state index in [0.29, 0.717) is 18.8 Å². The van der Waals surface area contributed by atoms with Crippen LogP contribution < -0.4 is 9.64 Å². The second-order valence-corrected chi connectivity index (χ2v) is 5.77. The fourth-order valence-corrected chi connectivity index (χ4v) is 2.79. The van der Waals surface area contributed by atoms with Crippen LogP contribution >= 0.6 is 0 Å². The van der Waals surface area contributed by atoms with Gasteiger partial charge in [0.25, 0.3) is 5.91 Å². The molecule has 1 aromatic carbocycles. The smallest absolute Gasteiger partial charge is 0.274 e. The molecule has 1 fully saturated rings. The van der Waals surface area contributed by atoms with E-state index in [1.54, 1.807) is 11.8 Å². The molecule has 1 aromatic heterocycles. The first-order valence-corrected chi connectivity index (χ1v) is 7.77. The van der Waals surface area contributed by atoms with Crippen LogP contribution in [0.5, 0.6) is 5.75 Å². The van der Waals surface area contributed by atoms with Crippen LogP contribution in [0.25, 0.3) is 0 Å². The Morgan fingerprint density at radius 3 is 2.30 bits per heavy atom. The van der Waals surface area contributed by atoms with Gasteiger partial charge in [0.1, 0.15) is 5.75 Å². The maximum Gasteiger partial charge on any atom is 0.274 e. The molecule has 0 saturated carbocycles. The van der Waals surface area contributed by atoms with Gasteiger partial charge in [-0.3, -0.25) is 9.48 Å². The van der Waals surface area contributed by atoms with E-state index in [4.69, 9.17) is 4.74 Å². The van der Waals surface area contributed by atoms with Crippen molar-refractivity contribution in [2.75, 3.05) is 38.2 Å². The highest BCUT2D eigenvalue weighted by Crippen LogP contribution is 2.21. The van der Waals surface area contributed by atoms with Crippen LogP contribution in [0.3, 0.4) is 0 Å². The molecule has 3 rings (SSSR count). The molecule has 0 bridgehead atoms. The van der Waals surface area contributed by atoms with Crippen molar-refractivity contribution in [1.29, 1.82) is 0 Å². The van der Waals surface area contributed by atoms with Gasteiger partial charge in [0, 0.05) is 44.6 Å². The van der Waals surface area contributed by atoms with Gasteiger partial charge >= 0.3 is 0 Å². The van der Waals surface area contributed by atoms with E-state index in [0.717, 1.165) is 30.2 Å². The Morgan fingerprint density at radius 2 is 1.78 bits per heavy atom. The highest BCUT2D eigenvalue weighted by atomic mass is 16.5. The number of amides is 1. The van der Waals surface area contributed by atoms with Crippen molar-refractivity contribution in [3.8, 4) is 5.75 Å². The number of nitrogens with zero attached hydrogens (tertiary/aromatic N) is 4. The molecule has 0 spiro atoms. The Hall–Kier alpha value is -2.50. The number of carbonyl (C=O) groups excluding carboxylic acids is 1. The largest absolute Gasteiger partial charge is 0.497 e. The monoisotopic (exact) mass is 314 g/mol. The molecule has 2 heterocycles. The van der Waals surface area contributed by atoms with E-state index in [9.17, 15) is 4.79 Å². The van der Waals surface area contributed by atoms with Gasteiger partial charge in [-0.1, -0.05) is 0 Å². The van der Waals surface area contributed by atoms with Crippen molar-refractivity contribution in [2.24, 2.45) is 7.05 Å². The van der Waals surface area contributed by atoms with Crippen molar-refractivity contribution < 1.29 is 9.53 Å². The minimum atomic E-state index is 0.0167. The first-order valence-electron chi connectivity index (χ1n) is 7.77. The zero-order chi connectivity index (χ0) is 16.4. The number of anilines is 1. The molecule has 1 saturated heterocycles. The molecular weight excluding hydrogens is 292 g/mol. The molecule has 1 amide bonds. The summed E-state index contributed by atoms with van der Waals surface area (Å²) in [6.07, 6.45) is 0. The molecule has 0 radical (unpaired) electrons. The fraction of sp³-hybridized carbons (Fsp3) is 0.412. The Balaban J connectivity index is 1.62. The van der Waals surface area contributed by atoms with Crippen LogP contribution in [-0.2, 0) is 7.05 Å². The van der Waals surface area contributed by atoms with Crippen molar-refractivity contribution in [2.45, 2.75) is 6.92 Å². The van der Waals surface area contributed by atoms with Gasteiger partial charge in [-0.2, -0.15) is 5.10 Å². The van der Waals surface area contributed by atoms with E-state index >= 15 is 0 Å². The number of rotatable bonds is 3. The van der Waals surface area contributed by atoms with Gasteiger partial charge in [-0.25, -0.2) is 0 Å². The number of benzene rings is 1. The molecule has 6 nitrogen and oxygen atoms in total. The lowest BCUT2D eigenvalue weighted by Gasteiger charge is -2.35. The summed E-state index contributed by atoms with van der Waals surface area (Å²) >= 11 is 0. The quantitative estimate of drug-likeness (QED) is 0.865. The van der Waals surface area contributed by atoms with Crippen LogP contribution in [0.2, 0.25) is 0 Å². The van der Waals surface area contributed by atoms with E-state index in [2.05, 4.69) is 22.1 Å². The molecule has 6 heteroatoms. The van der Waals surface area contributed by atoms with Crippen LogP contribution in [0.1, 0.15) is 16.2 Å². The number of aryl methyl sites for hydroxylation is 2. The lowest BCUT2D eigenvalue weighted by Crippen LogP contribution is -2.48. The summed E-state index contributed by atoms with van der Waals surface area (Å²) in [5, 5.41) is 4.28. The Kier molecular flexibility index (Phi) is 4.23. The van der Waals surface area contributed by atoms with Gasteiger partial charge in [0.2, 0.25) is 0 Å². The fourth-order valence-electron chi connectivity index (χ4n) is 2.79. The van der Waals surface area contributed by atoms with E-state index in [1.807, 2.05) is 37.1 Å². The molecular formula is C17H22N4O2.